The highest BCUT2D eigenvalue weighted by Gasteiger charge is 2.20. The van der Waals surface area contributed by atoms with Gasteiger partial charge >= 0.3 is 0 Å². The van der Waals surface area contributed by atoms with E-state index < -0.39 is 0 Å². The van der Waals surface area contributed by atoms with E-state index in [1.807, 2.05) is 25.1 Å². The van der Waals surface area contributed by atoms with E-state index in [0.29, 0.717) is 24.6 Å². The lowest BCUT2D eigenvalue weighted by molar-refractivity contribution is 0.169. The van der Waals surface area contributed by atoms with E-state index in [9.17, 15) is 0 Å². The van der Waals surface area contributed by atoms with E-state index in [2.05, 4.69) is 42.4 Å². The fourth-order valence-electron chi connectivity index (χ4n) is 3.46. The number of guanidine groups is 1. The number of hydrogen-bond donors (Lipinski definition) is 2. The number of aryl methyl sites for hydroxylation is 1. The van der Waals surface area contributed by atoms with Crippen molar-refractivity contribution >= 4 is 5.96 Å². The molecule has 1 aliphatic rings. The maximum atomic E-state index is 5.33. The Bertz CT molecular complexity index is 938. The van der Waals surface area contributed by atoms with Gasteiger partial charge in [0.25, 0.3) is 0 Å². The first-order chi connectivity index (χ1) is 14.7. The van der Waals surface area contributed by atoms with Crippen molar-refractivity contribution in [2.45, 2.75) is 26.8 Å². The number of aliphatic imine (C=N–C) groups is 1. The summed E-state index contributed by atoms with van der Waals surface area (Å²) in [7, 11) is 0. The lowest BCUT2D eigenvalue weighted by atomic mass is 10.3. The van der Waals surface area contributed by atoms with Crippen LogP contribution in [-0.4, -0.2) is 75.4 Å². The molecule has 4 heterocycles. The number of H-pyrrole nitrogens is 1. The summed E-state index contributed by atoms with van der Waals surface area (Å²) in [6, 6.07) is 5.67. The maximum absolute atomic E-state index is 5.33. The van der Waals surface area contributed by atoms with E-state index in [4.69, 9.17) is 13.9 Å². The van der Waals surface area contributed by atoms with Crippen molar-refractivity contribution in [3.8, 4) is 11.6 Å². The minimum atomic E-state index is 0.573. The molecule has 0 spiro atoms. The van der Waals surface area contributed by atoms with Gasteiger partial charge in [-0.05, 0) is 26.0 Å². The number of rotatable bonds is 7. The highest BCUT2D eigenvalue weighted by atomic mass is 16.5. The number of nitrogens with one attached hydrogen (secondary N) is 2. The maximum Gasteiger partial charge on any atom is 0.216 e. The summed E-state index contributed by atoms with van der Waals surface area (Å²) in [6.45, 7) is 10.1. The normalized spacial score (nSPS) is 15.7. The number of nitrogens with zero attached hydrogens (tertiary/aromatic N) is 6. The Kier molecular flexibility index (Phi) is 6.43. The standard InChI is InChI=1S/C20H28N8O2/c1-3-21-20(22-7-6-18-23-19(25-24-18)17-5-4-12-29-17)28-10-8-27(9-11-28)14-16-13-15(2)30-26-16/h4-5,12-13H,3,6-11,14H2,1-2H3,(H,21,22)(H,23,24,25). The molecule has 0 atom stereocenters. The Morgan fingerprint density at radius 2 is 2.17 bits per heavy atom. The molecule has 0 aromatic carbocycles. The second-order valence-corrected chi connectivity index (χ2v) is 7.26. The third-order valence-corrected chi connectivity index (χ3v) is 4.95. The Morgan fingerprint density at radius 1 is 1.30 bits per heavy atom. The van der Waals surface area contributed by atoms with Crippen molar-refractivity contribution in [2.24, 2.45) is 4.99 Å². The van der Waals surface area contributed by atoms with Crippen LogP contribution in [0, 0.1) is 6.92 Å². The third kappa shape index (κ3) is 5.07. The second-order valence-electron chi connectivity index (χ2n) is 7.26. The average molecular weight is 412 g/mol. The van der Waals surface area contributed by atoms with Crippen molar-refractivity contribution in [3.05, 3.63) is 41.7 Å². The van der Waals surface area contributed by atoms with Crippen LogP contribution >= 0.6 is 0 Å². The number of furan rings is 1. The lowest BCUT2D eigenvalue weighted by Crippen LogP contribution is -2.52. The van der Waals surface area contributed by atoms with Crippen LogP contribution in [0.4, 0.5) is 0 Å². The van der Waals surface area contributed by atoms with Crippen LogP contribution in [-0.2, 0) is 13.0 Å². The molecule has 0 unspecified atom stereocenters. The summed E-state index contributed by atoms with van der Waals surface area (Å²) in [6.07, 6.45) is 2.30. The van der Waals surface area contributed by atoms with Crippen LogP contribution < -0.4 is 5.32 Å². The van der Waals surface area contributed by atoms with Crippen molar-refractivity contribution in [3.63, 3.8) is 0 Å². The van der Waals surface area contributed by atoms with Gasteiger partial charge in [0.1, 0.15) is 11.6 Å². The first-order valence-electron chi connectivity index (χ1n) is 10.3. The quantitative estimate of drug-likeness (QED) is 0.445. The SMILES string of the molecule is CCNC(=NCCc1nc(-c2ccco2)n[nH]1)N1CCN(Cc2cc(C)on2)CC1. The molecule has 10 heteroatoms. The first-order valence-corrected chi connectivity index (χ1v) is 10.3. The zero-order valence-electron chi connectivity index (χ0n) is 17.5. The molecule has 1 saturated heterocycles. The summed E-state index contributed by atoms with van der Waals surface area (Å²) in [4.78, 5) is 14.0. The lowest BCUT2D eigenvalue weighted by Gasteiger charge is -2.36. The van der Waals surface area contributed by atoms with E-state index in [-0.39, 0.29) is 0 Å². The summed E-state index contributed by atoms with van der Waals surface area (Å²) in [5, 5.41) is 14.7. The predicted molar refractivity (Wildman–Crippen MR) is 112 cm³/mol. The second kappa shape index (κ2) is 9.57. The molecule has 4 rings (SSSR count). The number of aromatic nitrogens is 4. The largest absolute Gasteiger partial charge is 0.461 e. The predicted octanol–water partition coefficient (Wildman–Crippen LogP) is 1.69. The third-order valence-electron chi connectivity index (χ3n) is 4.95. The molecule has 0 aliphatic carbocycles. The van der Waals surface area contributed by atoms with Gasteiger partial charge in [0.2, 0.25) is 5.82 Å². The molecule has 2 N–H and O–H groups in total. The summed E-state index contributed by atoms with van der Waals surface area (Å²) in [5.41, 5.74) is 0.988. The van der Waals surface area contributed by atoms with Crippen LogP contribution in [0.5, 0.6) is 0 Å². The molecule has 10 nitrogen and oxygen atoms in total. The molecule has 160 valence electrons. The molecule has 3 aromatic rings. The van der Waals surface area contributed by atoms with Crippen LogP contribution in [0.3, 0.4) is 0 Å². The van der Waals surface area contributed by atoms with Crippen molar-refractivity contribution in [1.82, 2.24) is 35.5 Å². The van der Waals surface area contributed by atoms with Crippen LogP contribution in [0.25, 0.3) is 11.6 Å². The Morgan fingerprint density at radius 3 is 2.87 bits per heavy atom. The number of piperazine rings is 1. The summed E-state index contributed by atoms with van der Waals surface area (Å²) < 4.78 is 10.5. The fourth-order valence-corrected chi connectivity index (χ4v) is 3.46. The highest BCUT2D eigenvalue weighted by molar-refractivity contribution is 5.80. The summed E-state index contributed by atoms with van der Waals surface area (Å²) in [5.74, 6) is 3.83. The van der Waals surface area contributed by atoms with Gasteiger partial charge in [0.05, 0.1) is 12.0 Å². The average Bonchev–Trinajstić information content (AvgIpc) is 3.50. The molecular weight excluding hydrogens is 384 g/mol. The molecule has 0 amide bonds. The van der Waals surface area contributed by atoms with Gasteiger partial charge in [-0.3, -0.25) is 15.0 Å². The molecule has 0 radical (unpaired) electrons. The van der Waals surface area contributed by atoms with Gasteiger partial charge in [0, 0.05) is 58.3 Å². The number of hydrogen-bond acceptors (Lipinski definition) is 7. The Balaban J connectivity index is 1.28. The van der Waals surface area contributed by atoms with Crippen LogP contribution in [0.15, 0.2) is 38.4 Å². The van der Waals surface area contributed by atoms with Crippen molar-refractivity contribution < 1.29 is 8.94 Å². The Hall–Kier alpha value is -3.14. The topological polar surface area (TPSA) is 112 Å². The molecule has 0 bridgehead atoms. The van der Waals surface area contributed by atoms with Crippen LogP contribution in [0.1, 0.15) is 24.2 Å². The van der Waals surface area contributed by atoms with Crippen molar-refractivity contribution in [1.29, 1.82) is 0 Å². The zero-order chi connectivity index (χ0) is 20.8. The molecule has 1 aliphatic heterocycles. The van der Waals surface area contributed by atoms with Gasteiger partial charge in [-0.1, -0.05) is 5.16 Å². The van der Waals surface area contributed by atoms with Gasteiger partial charge in [-0.15, -0.1) is 0 Å². The van der Waals surface area contributed by atoms with Gasteiger partial charge in [-0.25, -0.2) is 4.98 Å². The smallest absolute Gasteiger partial charge is 0.216 e. The minimum Gasteiger partial charge on any atom is -0.461 e. The fraction of sp³-hybridized carbons (Fsp3) is 0.500. The summed E-state index contributed by atoms with van der Waals surface area (Å²) >= 11 is 0. The highest BCUT2D eigenvalue weighted by Crippen LogP contribution is 2.14. The monoisotopic (exact) mass is 412 g/mol. The van der Waals surface area contributed by atoms with E-state index in [1.54, 1.807) is 6.26 Å². The first kappa shape index (κ1) is 20.1. The molecule has 0 saturated carbocycles. The van der Waals surface area contributed by atoms with Gasteiger partial charge in [-0.2, -0.15) is 5.10 Å². The molecular formula is C20H28N8O2. The molecule has 3 aromatic heterocycles. The number of aromatic amines is 1. The molecule has 30 heavy (non-hydrogen) atoms. The van der Waals surface area contributed by atoms with Gasteiger partial charge < -0.3 is 19.2 Å². The molecule has 1 fully saturated rings. The van der Waals surface area contributed by atoms with Crippen molar-refractivity contribution in [2.75, 3.05) is 39.3 Å². The van der Waals surface area contributed by atoms with E-state index in [0.717, 1.165) is 62.5 Å². The van der Waals surface area contributed by atoms with E-state index >= 15 is 0 Å². The minimum absolute atomic E-state index is 0.573. The Labute approximate surface area is 175 Å². The van der Waals surface area contributed by atoms with Crippen LogP contribution in [0.2, 0.25) is 0 Å². The van der Waals surface area contributed by atoms with E-state index in [1.165, 1.54) is 0 Å². The van der Waals surface area contributed by atoms with Gasteiger partial charge in [0.15, 0.2) is 11.7 Å². The zero-order valence-corrected chi connectivity index (χ0v) is 17.5.